The minimum Gasteiger partial charge on any atom is -0.382 e. The topological polar surface area (TPSA) is 12.0 Å². The highest BCUT2D eigenvalue weighted by atomic mass is 32.2. The largest absolute Gasteiger partial charge is 0.446 e. The Hall–Kier alpha value is -0.840. The minimum atomic E-state index is -4.24. The lowest BCUT2D eigenvalue weighted by atomic mass is 9.81. The van der Waals surface area contributed by atoms with E-state index >= 15 is 0 Å². The number of hydrogen-bond donors (Lipinski definition) is 1. The number of anilines is 1. The smallest absolute Gasteiger partial charge is 0.382 e. The molecule has 1 aromatic carbocycles. The van der Waals surface area contributed by atoms with Crippen LogP contribution in [0.2, 0.25) is 0 Å². The summed E-state index contributed by atoms with van der Waals surface area (Å²) in [6.07, 6.45) is 4.83. The molecule has 1 N–H and O–H groups in total. The fourth-order valence-corrected chi connectivity index (χ4v) is 2.99. The number of benzene rings is 1. The lowest BCUT2D eigenvalue weighted by Crippen LogP contribution is -2.23. The van der Waals surface area contributed by atoms with Gasteiger partial charge in [-0.1, -0.05) is 31.4 Å². The van der Waals surface area contributed by atoms with Gasteiger partial charge in [-0.25, -0.2) is 0 Å². The molecule has 0 spiro atoms. The molecule has 1 unspecified atom stereocenters. The number of hydrogen-bond acceptors (Lipinski definition) is 2. The van der Waals surface area contributed by atoms with Gasteiger partial charge in [0.05, 0.1) is 0 Å². The van der Waals surface area contributed by atoms with E-state index < -0.39 is 5.51 Å². The first-order chi connectivity index (χ1) is 8.94. The Labute approximate surface area is 116 Å². The van der Waals surface area contributed by atoms with Gasteiger partial charge >= 0.3 is 5.51 Å². The number of halogens is 3. The van der Waals surface area contributed by atoms with Crippen molar-refractivity contribution in [2.75, 3.05) is 5.32 Å². The third-order valence-corrected chi connectivity index (χ3v) is 4.23. The third-order valence-electron chi connectivity index (χ3n) is 3.43. The second-order valence-electron chi connectivity index (χ2n) is 5.12. The molecule has 1 aliphatic rings. The molecule has 1 atom stereocenters. The van der Waals surface area contributed by atoms with Gasteiger partial charge in [0.25, 0.3) is 0 Å². The number of alkyl halides is 3. The van der Waals surface area contributed by atoms with Crippen molar-refractivity contribution in [3.8, 4) is 0 Å². The van der Waals surface area contributed by atoms with Gasteiger partial charge in [-0.2, -0.15) is 13.2 Å². The van der Waals surface area contributed by atoms with Crippen LogP contribution < -0.4 is 5.32 Å². The standard InChI is InChI=1S/C14H18F3NS/c1-10(9-11-5-4-6-11)18-12-7-2-3-8-13(12)19-14(15,16)17/h2-3,7-8,10-11,18H,4-6,9H2,1H3. The summed E-state index contributed by atoms with van der Waals surface area (Å²) in [5, 5.41) is 3.21. The van der Waals surface area contributed by atoms with Crippen LogP contribution in [-0.4, -0.2) is 11.6 Å². The van der Waals surface area contributed by atoms with Gasteiger partial charge in [-0.05, 0) is 43.2 Å². The zero-order chi connectivity index (χ0) is 13.9. The van der Waals surface area contributed by atoms with E-state index in [0.29, 0.717) is 5.69 Å². The summed E-state index contributed by atoms with van der Waals surface area (Å²) < 4.78 is 37.4. The molecule has 1 fully saturated rings. The summed E-state index contributed by atoms with van der Waals surface area (Å²) >= 11 is -0.0545. The Morgan fingerprint density at radius 1 is 1.32 bits per heavy atom. The van der Waals surface area contributed by atoms with Crippen molar-refractivity contribution in [2.45, 2.75) is 49.1 Å². The number of nitrogens with one attached hydrogen (secondary N) is 1. The highest BCUT2D eigenvalue weighted by molar-refractivity contribution is 8.00. The first-order valence-corrected chi connectivity index (χ1v) is 7.37. The lowest BCUT2D eigenvalue weighted by Gasteiger charge is -2.29. The Morgan fingerprint density at radius 3 is 2.58 bits per heavy atom. The summed E-state index contributed by atoms with van der Waals surface area (Å²) in [5.74, 6) is 0.741. The summed E-state index contributed by atoms with van der Waals surface area (Å²) in [6, 6.07) is 6.83. The molecule has 2 rings (SSSR count). The molecule has 0 bridgehead atoms. The zero-order valence-electron chi connectivity index (χ0n) is 10.8. The Morgan fingerprint density at radius 2 is 2.00 bits per heavy atom. The minimum absolute atomic E-state index is 0.0545. The van der Waals surface area contributed by atoms with Crippen LogP contribution >= 0.6 is 11.8 Å². The normalized spacial score (nSPS) is 17.9. The maximum atomic E-state index is 12.5. The van der Waals surface area contributed by atoms with E-state index in [1.54, 1.807) is 18.2 Å². The molecule has 0 heterocycles. The van der Waals surface area contributed by atoms with Crippen molar-refractivity contribution in [3.05, 3.63) is 24.3 Å². The van der Waals surface area contributed by atoms with Crippen molar-refractivity contribution in [1.29, 1.82) is 0 Å². The van der Waals surface area contributed by atoms with E-state index in [1.165, 1.54) is 25.3 Å². The zero-order valence-corrected chi connectivity index (χ0v) is 11.7. The molecule has 0 radical (unpaired) electrons. The van der Waals surface area contributed by atoms with Crippen LogP contribution in [0.5, 0.6) is 0 Å². The van der Waals surface area contributed by atoms with Crippen molar-refractivity contribution in [3.63, 3.8) is 0 Å². The molecule has 0 aromatic heterocycles. The van der Waals surface area contributed by atoms with Gasteiger partial charge in [0.2, 0.25) is 0 Å². The number of thioether (sulfide) groups is 1. The van der Waals surface area contributed by atoms with Crippen molar-refractivity contribution >= 4 is 17.4 Å². The van der Waals surface area contributed by atoms with Crippen LogP contribution in [0.1, 0.15) is 32.6 Å². The average Bonchev–Trinajstić information content (AvgIpc) is 2.24. The Kier molecular flexibility index (Phi) is 4.66. The molecule has 0 aliphatic heterocycles. The molecule has 106 valence electrons. The van der Waals surface area contributed by atoms with Gasteiger partial charge in [-0.15, -0.1) is 0 Å². The monoisotopic (exact) mass is 289 g/mol. The fraction of sp³-hybridized carbons (Fsp3) is 0.571. The predicted molar refractivity (Wildman–Crippen MR) is 73.4 cm³/mol. The van der Waals surface area contributed by atoms with Crippen LogP contribution in [-0.2, 0) is 0 Å². The Balaban J connectivity index is 1.98. The van der Waals surface area contributed by atoms with E-state index in [0.717, 1.165) is 12.3 Å². The molecule has 1 nitrogen and oxygen atoms in total. The Bertz CT molecular complexity index is 415. The van der Waals surface area contributed by atoms with Crippen molar-refractivity contribution in [1.82, 2.24) is 0 Å². The summed E-state index contributed by atoms with van der Waals surface area (Å²) in [4.78, 5) is 0.246. The van der Waals surface area contributed by atoms with Gasteiger partial charge in [0.15, 0.2) is 0 Å². The van der Waals surface area contributed by atoms with Gasteiger partial charge < -0.3 is 5.32 Å². The molecular weight excluding hydrogens is 271 g/mol. The van der Waals surface area contributed by atoms with Gasteiger partial charge in [-0.3, -0.25) is 0 Å². The van der Waals surface area contributed by atoms with Crippen molar-refractivity contribution in [2.24, 2.45) is 5.92 Å². The maximum Gasteiger partial charge on any atom is 0.446 e. The van der Waals surface area contributed by atoms with Gasteiger partial charge in [0.1, 0.15) is 0 Å². The van der Waals surface area contributed by atoms with E-state index in [-0.39, 0.29) is 22.7 Å². The summed E-state index contributed by atoms with van der Waals surface area (Å²) in [6.45, 7) is 2.04. The first kappa shape index (κ1) is 14.6. The van der Waals surface area contributed by atoms with Gasteiger partial charge in [0, 0.05) is 16.6 Å². The SMILES string of the molecule is CC(CC1CCC1)Nc1ccccc1SC(F)(F)F. The first-order valence-electron chi connectivity index (χ1n) is 6.55. The highest BCUT2D eigenvalue weighted by Gasteiger charge is 2.30. The molecular formula is C14H18F3NS. The van der Waals surface area contributed by atoms with Crippen LogP contribution in [0.25, 0.3) is 0 Å². The van der Waals surface area contributed by atoms with E-state index in [2.05, 4.69) is 5.32 Å². The number of para-hydroxylation sites is 1. The molecule has 19 heavy (non-hydrogen) atoms. The van der Waals surface area contributed by atoms with E-state index in [9.17, 15) is 13.2 Å². The molecule has 1 aromatic rings. The summed E-state index contributed by atoms with van der Waals surface area (Å²) in [5.41, 5.74) is -3.66. The van der Waals surface area contributed by atoms with Crippen LogP contribution in [0, 0.1) is 5.92 Å². The van der Waals surface area contributed by atoms with E-state index in [4.69, 9.17) is 0 Å². The second-order valence-corrected chi connectivity index (χ2v) is 6.23. The van der Waals surface area contributed by atoms with Crippen LogP contribution in [0.4, 0.5) is 18.9 Å². The third kappa shape index (κ3) is 4.64. The fourth-order valence-electron chi connectivity index (χ4n) is 2.35. The summed E-state index contributed by atoms with van der Waals surface area (Å²) in [7, 11) is 0. The average molecular weight is 289 g/mol. The molecule has 1 saturated carbocycles. The molecule has 1 aliphatic carbocycles. The number of rotatable bonds is 5. The maximum absolute atomic E-state index is 12.5. The highest BCUT2D eigenvalue weighted by Crippen LogP contribution is 2.40. The molecule has 5 heteroatoms. The molecule has 0 amide bonds. The van der Waals surface area contributed by atoms with Crippen molar-refractivity contribution < 1.29 is 13.2 Å². The van der Waals surface area contributed by atoms with Crippen LogP contribution in [0.15, 0.2) is 29.2 Å². The predicted octanol–water partition coefficient (Wildman–Crippen LogP) is 5.29. The second kappa shape index (κ2) is 6.07. The van der Waals surface area contributed by atoms with E-state index in [1.807, 2.05) is 6.92 Å². The molecule has 0 saturated heterocycles. The van der Waals surface area contributed by atoms with Crippen LogP contribution in [0.3, 0.4) is 0 Å². The quantitative estimate of drug-likeness (QED) is 0.739. The lowest BCUT2D eigenvalue weighted by molar-refractivity contribution is -0.0327.